The van der Waals surface area contributed by atoms with Gasteiger partial charge < -0.3 is 5.11 Å². The number of aryl methyl sites for hydroxylation is 1. The average Bonchev–Trinajstić information content (AvgIpc) is 2.90. The van der Waals surface area contributed by atoms with Crippen molar-refractivity contribution in [2.75, 3.05) is 4.90 Å². The number of hydrogen-bond donors (Lipinski definition) is 0. The van der Waals surface area contributed by atoms with Gasteiger partial charge in [0, 0.05) is 5.75 Å². The van der Waals surface area contributed by atoms with Gasteiger partial charge in [0.1, 0.15) is 5.70 Å². The Morgan fingerprint density at radius 3 is 2.42 bits per heavy atom. The Balaban J connectivity index is 0.00000208. The number of nitrogens with zero attached hydrogens (tertiary/aromatic N) is 2. The molecule has 0 saturated heterocycles. The summed E-state index contributed by atoms with van der Waals surface area (Å²) in [6.45, 7) is 1.98. The first-order valence-corrected chi connectivity index (χ1v) is 8.16. The molecule has 0 unspecified atom stereocenters. The van der Waals surface area contributed by atoms with Gasteiger partial charge in [-0.05, 0) is 24.6 Å². The zero-order chi connectivity index (χ0) is 16.2. The van der Waals surface area contributed by atoms with Crippen molar-refractivity contribution in [2.24, 2.45) is 4.99 Å². The summed E-state index contributed by atoms with van der Waals surface area (Å²) in [4.78, 5) is 18.1. The number of carbonyl (C=O) groups is 1. The second-order valence-electron chi connectivity index (χ2n) is 5.15. The Labute approximate surface area is 167 Å². The zero-order valence-corrected chi connectivity index (χ0v) is 16.4. The molecular formula is C18H15N2NaO2S. The van der Waals surface area contributed by atoms with Crippen molar-refractivity contribution in [3.05, 3.63) is 77.7 Å². The van der Waals surface area contributed by atoms with Gasteiger partial charge in [-0.15, -0.1) is 6.26 Å². The van der Waals surface area contributed by atoms with Crippen LogP contribution in [-0.4, -0.2) is 11.1 Å². The number of aliphatic imine (C=N–C) groups is 1. The van der Waals surface area contributed by atoms with Crippen LogP contribution in [0.5, 0.6) is 0 Å². The maximum absolute atomic E-state index is 12.4. The molecule has 2 aromatic carbocycles. The second kappa shape index (κ2) is 8.53. The van der Waals surface area contributed by atoms with Crippen LogP contribution in [0, 0.1) is 6.92 Å². The van der Waals surface area contributed by atoms with Crippen LogP contribution in [0.3, 0.4) is 0 Å². The van der Waals surface area contributed by atoms with Gasteiger partial charge in [0.25, 0.3) is 5.91 Å². The number of hydrogen-bond acceptors (Lipinski definition) is 4. The molecule has 0 radical (unpaired) electrons. The maximum Gasteiger partial charge on any atom is 1.00 e. The molecule has 3 rings (SSSR count). The normalized spacial score (nSPS) is 15.4. The molecule has 0 aromatic heterocycles. The van der Waals surface area contributed by atoms with Gasteiger partial charge >= 0.3 is 29.6 Å². The van der Waals surface area contributed by atoms with Crippen molar-refractivity contribution >= 4 is 28.5 Å². The van der Waals surface area contributed by atoms with E-state index in [4.69, 9.17) is 0 Å². The Kier molecular flexibility index (Phi) is 6.69. The van der Waals surface area contributed by atoms with E-state index >= 15 is 0 Å². The SMILES string of the molecule is Cc1ccc(N2C(=O)/C(=C/[O-])N=C2SCc2ccccc2)cc1.[Na+]. The smallest absolute Gasteiger partial charge is 0.876 e. The number of anilines is 1. The molecule has 0 N–H and O–H groups in total. The standard InChI is InChI=1S/C18H16N2O2S.Na/c1-13-7-9-15(10-8-13)20-17(22)16(11-21)19-18(20)23-12-14-5-3-2-4-6-14;/h2-11,21H,12H2,1H3;/q;+1/p-1/b16-11-;. The van der Waals surface area contributed by atoms with Crippen molar-refractivity contribution in [3.63, 3.8) is 0 Å². The summed E-state index contributed by atoms with van der Waals surface area (Å²) in [5, 5.41) is 11.6. The van der Waals surface area contributed by atoms with Crippen LogP contribution >= 0.6 is 11.8 Å². The van der Waals surface area contributed by atoms with Crippen molar-refractivity contribution in [1.82, 2.24) is 0 Å². The quantitative estimate of drug-likeness (QED) is 0.441. The second-order valence-corrected chi connectivity index (χ2v) is 6.09. The van der Waals surface area contributed by atoms with Gasteiger partial charge in [-0.1, -0.05) is 59.8 Å². The first kappa shape index (κ1) is 18.8. The van der Waals surface area contributed by atoms with E-state index in [2.05, 4.69) is 4.99 Å². The monoisotopic (exact) mass is 346 g/mol. The fourth-order valence-electron chi connectivity index (χ4n) is 2.22. The third-order valence-corrected chi connectivity index (χ3v) is 4.45. The number of thioether (sulfide) groups is 1. The summed E-state index contributed by atoms with van der Waals surface area (Å²) in [7, 11) is 0. The largest absolute Gasteiger partial charge is 1.00 e. The topological polar surface area (TPSA) is 55.7 Å². The number of amides is 1. The molecular weight excluding hydrogens is 331 g/mol. The van der Waals surface area contributed by atoms with E-state index in [-0.39, 0.29) is 41.2 Å². The molecule has 4 nitrogen and oxygen atoms in total. The van der Waals surface area contributed by atoms with Crippen LogP contribution in [-0.2, 0) is 10.5 Å². The number of amidine groups is 1. The van der Waals surface area contributed by atoms with Crippen LogP contribution in [0.4, 0.5) is 5.69 Å². The Morgan fingerprint density at radius 1 is 1.12 bits per heavy atom. The molecule has 0 aliphatic carbocycles. The molecule has 1 amide bonds. The number of benzene rings is 2. The molecule has 2 aromatic rings. The van der Waals surface area contributed by atoms with Crippen LogP contribution < -0.4 is 39.6 Å². The molecule has 0 atom stereocenters. The van der Waals surface area contributed by atoms with E-state index in [9.17, 15) is 9.90 Å². The Bertz CT molecular complexity index is 773. The fraction of sp³-hybridized carbons (Fsp3) is 0.111. The van der Waals surface area contributed by atoms with Crippen LogP contribution in [0.15, 0.2) is 71.5 Å². The first-order chi connectivity index (χ1) is 11.2. The zero-order valence-electron chi connectivity index (χ0n) is 13.6. The van der Waals surface area contributed by atoms with E-state index in [1.54, 1.807) is 0 Å². The predicted molar refractivity (Wildman–Crippen MR) is 91.9 cm³/mol. The first-order valence-electron chi connectivity index (χ1n) is 7.17. The van der Waals surface area contributed by atoms with Crippen molar-refractivity contribution in [2.45, 2.75) is 12.7 Å². The van der Waals surface area contributed by atoms with Gasteiger partial charge in [0.15, 0.2) is 5.17 Å². The minimum atomic E-state index is -0.376. The van der Waals surface area contributed by atoms with Crippen molar-refractivity contribution in [1.29, 1.82) is 0 Å². The van der Waals surface area contributed by atoms with Crippen LogP contribution in [0.2, 0.25) is 0 Å². The fourth-order valence-corrected chi connectivity index (χ4v) is 3.19. The summed E-state index contributed by atoms with van der Waals surface area (Å²) in [6, 6.07) is 17.5. The summed E-state index contributed by atoms with van der Waals surface area (Å²) in [5.41, 5.74) is 2.91. The molecule has 116 valence electrons. The van der Waals surface area contributed by atoms with E-state index in [0.717, 1.165) is 16.8 Å². The van der Waals surface area contributed by atoms with E-state index in [0.29, 0.717) is 17.2 Å². The van der Waals surface area contributed by atoms with Gasteiger partial charge in [0.2, 0.25) is 0 Å². The Morgan fingerprint density at radius 2 is 1.79 bits per heavy atom. The molecule has 24 heavy (non-hydrogen) atoms. The predicted octanol–water partition coefficient (Wildman–Crippen LogP) is -0.163. The Hall–Kier alpha value is -1.53. The minimum Gasteiger partial charge on any atom is -0.876 e. The summed E-state index contributed by atoms with van der Waals surface area (Å²) >= 11 is 1.44. The third-order valence-electron chi connectivity index (χ3n) is 3.44. The average molecular weight is 346 g/mol. The van der Waals surface area contributed by atoms with Gasteiger partial charge in [-0.3, -0.25) is 9.69 Å². The molecule has 0 bridgehead atoms. The van der Waals surface area contributed by atoms with Gasteiger partial charge in [0.05, 0.1) is 5.69 Å². The molecule has 0 saturated carbocycles. The third kappa shape index (κ3) is 4.11. The molecule has 1 aliphatic rings. The van der Waals surface area contributed by atoms with Gasteiger partial charge in [-0.25, -0.2) is 4.99 Å². The van der Waals surface area contributed by atoms with Gasteiger partial charge in [-0.2, -0.15) is 0 Å². The van der Waals surface area contributed by atoms with E-state index in [1.807, 2.05) is 61.5 Å². The van der Waals surface area contributed by atoms with E-state index in [1.165, 1.54) is 16.7 Å². The molecule has 6 heteroatoms. The summed E-state index contributed by atoms with van der Waals surface area (Å²) in [5.74, 6) is 0.306. The van der Waals surface area contributed by atoms with Crippen LogP contribution in [0.25, 0.3) is 0 Å². The van der Waals surface area contributed by atoms with Crippen LogP contribution in [0.1, 0.15) is 11.1 Å². The molecule has 1 aliphatic heterocycles. The summed E-state index contributed by atoms with van der Waals surface area (Å²) < 4.78 is 0. The number of rotatable bonds is 3. The van der Waals surface area contributed by atoms with E-state index < -0.39 is 0 Å². The van der Waals surface area contributed by atoms with Crippen molar-refractivity contribution in [3.8, 4) is 0 Å². The molecule has 0 fully saturated rings. The number of carbonyl (C=O) groups excluding carboxylic acids is 1. The van der Waals surface area contributed by atoms with Crippen molar-refractivity contribution < 1.29 is 39.5 Å². The summed E-state index contributed by atoms with van der Waals surface area (Å²) in [6.07, 6.45) is 0.513. The molecule has 0 spiro atoms. The minimum absolute atomic E-state index is 0. The maximum atomic E-state index is 12.4. The molecule has 1 heterocycles.